The van der Waals surface area contributed by atoms with Gasteiger partial charge in [0, 0.05) is 19.0 Å². The third-order valence-electron chi connectivity index (χ3n) is 1.70. The Labute approximate surface area is 49.5 Å². The molecule has 48 valence electrons. The predicted octanol–water partition coefficient (Wildman–Crippen LogP) is 0.906. The predicted molar refractivity (Wildman–Crippen MR) is 31.6 cm³/mol. The van der Waals surface area contributed by atoms with E-state index in [1.807, 2.05) is 18.9 Å². The number of alkyl halides is 1. The molecule has 1 rings (SSSR count). The molecule has 8 heavy (non-hydrogen) atoms. The van der Waals surface area contributed by atoms with Crippen LogP contribution in [-0.2, 0) is 0 Å². The first-order valence-electron chi connectivity index (χ1n) is 3.03. The molecular formula is C6H12FN. The molecule has 0 unspecified atom stereocenters. The molecule has 1 aliphatic heterocycles. The first kappa shape index (κ1) is 6.02. The molecule has 0 aromatic carbocycles. The summed E-state index contributed by atoms with van der Waals surface area (Å²) < 4.78 is 12.5. The van der Waals surface area contributed by atoms with Crippen molar-refractivity contribution in [3.63, 3.8) is 0 Å². The maximum atomic E-state index is 12.5. The Morgan fingerprint density at radius 3 is 2.25 bits per heavy atom. The Kier molecular flexibility index (Phi) is 1.52. The fourth-order valence-corrected chi connectivity index (χ4v) is 1.16. The van der Waals surface area contributed by atoms with E-state index >= 15 is 0 Å². The van der Waals surface area contributed by atoms with Gasteiger partial charge in [-0.1, -0.05) is 6.92 Å². The molecule has 0 saturated carbocycles. The highest BCUT2D eigenvalue weighted by molar-refractivity contribution is 4.78. The van der Waals surface area contributed by atoms with Gasteiger partial charge in [0.05, 0.1) is 0 Å². The molecule has 0 aromatic rings. The van der Waals surface area contributed by atoms with Gasteiger partial charge in [-0.05, 0) is 7.05 Å². The zero-order chi connectivity index (χ0) is 6.15. The van der Waals surface area contributed by atoms with Crippen LogP contribution in [0.1, 0.15) is 6.92 Å². The van der Waals surface area contributed by atoms with Crippen molar-refractivity contribution in [1.82, 2.24) is 4.90 Å². The molecular weight excluding hydrogens is 105 g/mol. The summed E-state index contributed by atoms with van der Waals surface area (Å²) in [6, 6.07) is 0. The molecule has 2 atom stereocenters. The van der Waals surface area contributed by atoms with E-state index in [9.17, 15) is 4.39 Å². The second kappa shape index (κ2) is 2.02. The minimum absolute atomic E-state index is 0.250. The van der Waals surface area contributed by atoms with Crippen molar-refractivity contribution >= 4 is 0 Å². The summed E-state index contributed by atoms with van der Waals surface area (Å²) >= 11 is 0. The Morgan fingerprint density at radius 2 is 2.12 bits per heavy atom. The van der Waals surface area contributed by atoms with Crippen LogP contribution in [0.4, 0.5) is 4.39 Å². The van der Waals surface area contributed by atoms with Crippen molar-refractivity contribution < 1.29 is 4.39 Å². The van der Waals surface area contributed by atoms with Crippen LogP contribution in [0.25, 0.3) is 0 Å². The average Bonchev–Trinajstić information content (AvgIpc) is 1.85. The molecule has 2 heteroatoms. The van der Waals surface area contributed by atoms with E-state index < -0.39 is 6.17 Å². The van der Waals surface area contributed by atoms with Gasteiger partial charge in [-0.15, -0.1) is 0 Å². The normalized spacial score (nSPS) is 40.9. The van der Waals surface area contributed by atoms with E-state index in [4.69, 9.17) is 0 Å². The van der Waals surface area contributed by atoms with E-state index in [1.54, 1.807) is 0 Å². The van der Waals surface area contributed by atoms with Crippen molar-refractivity contribution in [2.45, 2.75) is 13.1 Å². The Hall–Kier alpha value is -0.110. The maximum absolute atomic E-state index is 12.5. The highest BCUT2D eigenvalue weighted by Gasteiger charge is 2.26. The van der Waals surface area contributed by atoms with E-state index in [0.29, 0.717) is 6.54 Å². The van der Waals surface area contributed by atoms with Crippen molar-refractivity contribution in [3.8, 4) is 0 Å². The number of hydrogen-bond acceptors (Lipinski definition) is 1. The lowest BCUT2D eigenvalue weighted by atomic mass is 10.1. The number of likely N-dealkylation sites (tertiary alicyclic amines) is 1. The SMILES string of the molecule is C[C@H]1CN(C)C[C@H]1F. The van der Waals surface area contributed by atoms with Gasteiger partial charge < -0.3 is 4.90 Å². The number of halogens is 1. The van der Waals surface area contributed by atoms with Crippen molar-refractivity contribution in [2.24, 2.45) is 5.92 Å². The van der Waals surface area contributed by atoms with Crippen LogP contribution >= 0.6 is 0 Å². The average molecular weight is 117 g/mol. The molecule has 1 fully saturated rings. The lowest BCUT2D eigenvalue weighted by Crippen LogP contribution is -2.13. The van der Waals surface area contributed by atoms with Crippen molar-refractivity contribution in [1.29, 1.82) is 0 Å². The number of rotatable bonds is 0. The zero-order valence-electron chi connectivity index (χ0n) is 5.39. The fraction of sp³-hybridized carbons (Fsp3) is 1.00. The Morgan fingerprint density at radius 1 is 1.50 bits per heavy atom. The van der Waals surface area contributed by atoms with E-state index in [2.05, 4.69) is 0 Å². The van der Waals surface area contributed by atoms with Crippen LogP contribution in [0, 0.1) is 5.92 Å². The highest BCUT2D eigenvalue weighted by atomic mass is 19.1. The van der Waals surface area contributed by atoms with Crippen LogP contribution in [0.3, 0.4) is 0 Å². The quantitative estimate of drug-likeness (QED) is 0.455. The van der Waals surface area contributed by atoms with Gasteiger partial charge in [-0.25, -0.2) is 4.39 Å². The number of hydrogen-bond donors (Lipinski definition) is 0. The number of nitrogens with zero attached hydrogens (tertiary/aromatic N) is 1. The van der Waals surface area contributed by atoms with Crippen molar-refractivity contribution in [2.75, 3.05) is 20.1 Å². The molecule has 1 nitrogen and oxygen atoms in total. The van der Waals surface area contributed by atoms with Gasteiger partial charge in [0.15, 0.2) is 0 Å². The van der Waals surface area contributed by atoms with Gasteiger partial charge in [0.2, 0.25) is 0 Å². The molecule has 0 spiro atoms. The van der Waals surface area contributed by atoms with Gasteiger partial charge in [0.25, 0.3) is 0 Å². The van der Waals surface area contributed by atoms with E-state index in [1.165, 1.54) is 0 Å². The summed E-state index contributed by atoms with van der Waals surface area (Å²) in [7, 11) is 1.95. The highest BCUT2D eigenvalue weighted by Crippen LogP contribution is 2.16. The minimum Gasteiger partial charge on any atom is -0.303 e. The lowest BCUT2D eigenvalue weighted by Gasteiger charge is -2.02. The Bertz CT molecular complexity index is 74.6. The van der Waals surface area contributed by atoms with E-state index in [-0.39, 0.29) is 5.92 Å². The van der Waals surface area contributed by atoms with Gasteiger partial charge >= 0.3 is 0 Å². The largest absolute Gasteiger partial charge is 0.303 e. The molecule has 0 bridgehead atoms. The molecule has 0 aliphatic carbocycles. The molecule has 0 aromatic heterocycles. The second-order valence-electron chi connectivity index (χ2n) is 2.71. The molecule has 1 heterocycles. The fourth-order valence-electron chi connectivity index (χ4n) is 1.16. The smallest absolute Gasteiger partial charge is 0.116 e. The lowest BCUT2D eigenvalue weighted by molar-refractivity contribution is 0.289. The first-order chi connectivity index (χ1) is 3.70. The van der Waals surface area contributed by atoms with Crippen LogP contribution < -0.4 is 0 Å². The third-order valence-corrected chi connectivity index (χ3v) is 1.70. The first-order valence-corrected chi connectivity index (χ1v) is 3.03. The Balaban J connectivity index is 2.39. The van der Waals surface area contributed by atoms with Crippen LogP contribution in [0.2, 0.25) is 0 Å². The van der Waals surface area contributed by atoms with Gasteiger partial charge in [0.1, 0.15) is 6.17 Å². The molecule has 0 radical (unpaired) electrons. The monoisotopic (exact) mass is 117 g/mol. The summed E-state index contributed by atoms with van der Waals surface area (Å²) in [5, 5.41) is 0. The maximum Gasteiger partial charge on any atom is 0.116 e. The molecule has 1 aliphatic rings. The summed E-state index contributed by atoms with van der Waals surface area (Å²) in [5.41, 5.74) is 0. The standard InChI is InChI=1S/C6H12FN/c1-5-3-8(2)4-6(5)7/h5-6H,3-4H2,1-2H3/t5-,6+/m0/s1. The van der Waals surface area contributed by atoms with E-state index in [0.717, 1.165) is 6.54 Å². The summed E-state index contributed by atoms with van der Waals surface area (Å²) in [6.45, 7) is 3.50. The third kappa shape index (κ3) is 0.996. The molecule has 1 saturated heterocycles. The summed E-state index contributed by atoms with van der Waals surface area (Å²) in [6.07, 6.45) is -0.583. The van der Waals surface area contributed by atoms with Crippen molar-refractivity contribution in [3.05, 3.63) is 0 Å². The molecule has 0 amide bonds. The zero-order valence-corrected chi connectivity index (χ0v) is 5.39. The topological polar surface area (TPSA) is 3.24 Å². The van der Waals surface area contributed by atoms with Gasteiger partial charge in [-0.3, -0.25) is 0 Å². The minimum atomic E-state index is -0.583. The molecule has 0 N–H and O–H groups in total. The summed E-state index contributed by atoms with van der Waals surface area (Å²) in [4.78, 5) is 2.02. The van der Waals surface area contributed by atoms with Crippen LogP contribution in [0.5, 0.6) is 0 Å². The van der Waals surface area contributed by atoms with Crippen LogP contribution in [-0.4, -0.2) is 31.2 Å². The summed E-state index contributed by atoms with van der Waals surface area (Å²) in [5.74, 6) is 0.250. The second-order valence-corrected chi connectivity index (χ2v) is 2.71. The van der Waals surface area contributed by atoms with Crippen LogP contribution in [0.15, 0.2) is 0 Å². The van der Waals surface area contributed by atoms with Gasteiger partial charge in [-0.2, -0.15) is 0 Å².